The minimum absolute atomic E-state index is 0.108. The van der Waals surface area contributed by atoms with Crippen LogP contribution in [0.3, 0.4) is 0 Å². The van der Waals surface area contributed by atoms with Crippen molar-refractivity contribution in [1.29, 1.82) is 0 Å². The van der Waals surface area contributed by atoms with E-state index in [2.05, 4.69) is 17.8 Å². The van der Waals surface area contributed by atoms with Crippen molar-refractivity contribution < 1.29 is 14.0 Å². The number of halogens is 1. The first kappa shape index (κ1) is 17.1. The average Bonchev–Trinajstić information content (AvgIpc) is 2.47. The average molecular weight is 294 g/mol. The summed E-state index contributed by atoms with van der Waals surface area (Å²) >= 11 is 0. The van der Waals surface area contributed by atoms with Gasteiger partial charge >= 0.3 is 0 Å². The van der Waals surface area contributed by atoms with Crippen molar-refractivity contribution in [2.75, 3.05) is 0 Å². The number of nitrogens with one attached hydrogen (secondary N) is 2. The summed E-state index contributed by atoms with van der Waals surface area (Å²) in [6.45, 7) is 2.14. The highest BCUT2D eigenvalue weighted by Crippen LogP contribution is 2.05. The maximum atomic E-state index is 12.7. The number of amides is 2. The molecule has 0 radical (unpaired) electrons. The van der Waals surface area contributed by atoms with Crippen LogP contribution >= 0.6 is 0 Å². The summed E-state index contributed by atoms with van der Waals surface area (Å²) in [6.07, 6.45) is 5.89. The lowest BCUT2D eigenvalue weighted by molar-refractivity contribution is -0.128. The molecule has 0 aliphatic rings. The molecule has 0 aliphatic carbocycles. The first-order chi connectivity index (χ1) is 10.1. The van der Waals surface area contributed by atoms with Gasteiger partial charge in [0.25, 0.3) is 0 Å². The smallest absolute Gasteiger partial charge is 0.242 e. The van der Waals surface area contributed by atoms with Crippen molar-refractivity contribution in [2.24, 2.45) is 0 Å². The largest absolute Gasteiger partial charge is 0.273 e. The SMILES string of the molecule is CCCCCCCC(=O)NNC(=O)Cc1ccc(F)cc1. The Kier molecular flexibility index (Phi) is 8.09. The summed E-state index contributed by atoms with van der Waals surface area (Å²) in [5.41, 5.74) is 5.45. The number of carbonyl (C=O) groups is 2. The van der Waals surface area contributed by atoms with Crippen LogP contribution in [0.1, 0.15) is 51.0 Å². The summed E-state index contributed by atoms with van der Waals surface area (Å²) in [5.74, 6) is -0.838. The van der Waals surface area contributed by atoms with Gasteiger partial charge < -0.3 is 0 Å². The molecule has 0 saturated heterocycles. The molecule has 0 heterocycles. The van der Waals surface area contributed by atoms with Gasteiger partial charge in [0.15, 0.2) is 0 Å². The second-order valence-corrected chi connectivity index (χ2v) is 5.06. The Labute approximate surface area is 125 Å². The molecule has 0 unspecified atom stereocenters. The number of unbranched alkanes of at least 4 members (excludes halogenated alkanes) is 4. The standard InChI is InChI=1S/C16H23FN2O2/c1-2-3-4-5-6-7-15(20)18-19-16(21)12-13-8-10-14(17)11-9-13/h8-11H,2-7,12H2,1H3,(H,18,20)(H,19,21). The van der Waals surface area contributed by atoms with Gasteiger partial charge in [0.1, 0.15) is 5.82 Å². The van der Waals surface area contributed by atoms with Gasteiger partial charge in [-0.05, 0) is 24.1 Å². The van der Waals surface area contributed by atoms with Gasteiger partial charge in [-0.2, -0.15) is 0 Å². The Morgan fingerprint density at radius 2 is 1.57 bits per heavy atom. The summed E-state index contributed by atoms with van der Waals surface area (Å²) in [4.78, 5) is 23.1. The van der Waals surface area contributed by atoms with E-state index in [-0.39, 0.29) is 24.1 Å². The van der Waals surface area contributed by atoms with Crippen molar-refractivity contribution in [3.63, 3.8) is 0 Å². The number of rotatable bonds is 8. The Morgan fingerprint density at radius 1 is 0.952 bits per heavy atom. The third kappa shape index (κ3) is 8.07. The quantitative estimate of drug-likeness (QED) is 0.572. The zero-order valence-corrected chi connectivity index (χ0v) is 12.5. The summed E-state index contributed by atoms with van der Waals surface area (Å²) in [7, 11) is 0. The van der Waals surface area contributed by atoms with E-state index in [9.17, 15) is 14.0 Å². The molecule has 0 aliphatic heterocycles. The predicted octanol–water partition coefficient (Wildman–Crippen LogP) is 2.88. The molecule has 21 heavy (non-hydrogen) atoms. The molecular formula is C16H23FN2O2. The monoisotopic (exact) mass is 294 g/mol. The molecule has 0 fully saturated rings. The van der Waals surface area contributed by atoms with Crippen LogP contribution < -0.4 is 10.9 Å². The van der Waals surface area contributed by atoms with E-state index in [0.717, 1.165) is 19.3 Å². The van der Waals surface area contributed by atoms with Crippen molar-refractivity contribution >= 4 is 11.8 Å². The summed E-state index contributed by atoms with van der Waals surface area (Å²) in [5, 5.41) is 0. The van der Waals surface area contributed by atoms with Gasteiger partial charge in [-0.3, -0.25) is 20.4 Å². The van der Waals surface area contributed by atoms with Crippen LogP contribution in [0.5, 0.6) is 0 Å². The molecule has 2 amide bonds. The highest BCUT2D eigenvalue weighted by molar-refractivity contribution is 5.83. The first-order valence-electron chi connectivity index (χ1n) is 7.44. The molecule has 116 valence electrons. The van der Waals surface area contributed by atoms with E-state index in [1.807, 2.05) is 0 Å². The zero-order valence-electron chi connectivity index (χ0n) is 12.5. The lowest BCUT2D eigenvalue weighted by Crippen LogP contribution is -2.42. The van der Waals surface area contributed by atoms with Crippen LogP contribution in [0.25, 0.3) is 0 Å². The third-order valence-electron chi connectivity index (χ3n) is 3.13. The van der Waals surface area contributed by atoms with Crippen LogP contribution in [-0.4, -0.2) is 11.8 Å². The van der Waals surface area contributed by atoms with Gasteiger partial charge in [-0.25, -0.2) is 4.39 Å². The van der Waals surface area contributed by atoms with Crippen LogP contribution in [0.2, 0.25) is 0 Å². The highest BCUT2D eigenvalue weighted by Gasteiger charge is 2.06. The van der Waals surface area contributed by atoms with Crippen LogP contribution in [-0.2, 0) is 16.0 Å². The fourth-order valence-corrected chi connectivity index (χ4v) is 1.92. The van der Waals surface area contributed by atoms with Crippen LogP contribution in [0, 0.1) is 5.82 Å². The molecule has 2 N–H and O–H groups in total. The number of hydrazine groups is 1. The minimum atomic E-state index is -0.337. The molecule has 0 spiro atoms. The van der Waals surface area contributed by atoms with Crippen LogP contribution in [0.4, 0.5) is 4.39 Å². The first-order valence-corrected chi connectivity index (χ1v) is 7.44. The van der Waals surface area contributed by atoms with Gasteiger partial charge in [0.05, 0.1) is 6.42 Å². The Hall–Kier alpha value is -1.91. The van der Waals surface area contributed by atoms with Crippen LogP contribution in [0.15, 0.2) is 24.3 Å². The highest BCUT2D eigenvalue weighted by atomic mass is 19.1. The Bertz CT molecular complexity index is 446. The van der Waals surface area contributed by atoms with Crippen molar-refractivity contribution in [2.45, 2.75) is 51.9 Å². The van der Waals surface area contributed by atoms with Crippen molar-refractivity contribution in [3.8, 4) is 0 Å². The maximum Gasteiger partial charge on any atom is 0.242 e. The van der Waals surface area contributed by atoms with Gasteiger partial charge in [0.2, 0.25) is 11.8 Å². The Morgan fingerprint density at radius 3 is 2.24 bits per heavy atom. The number of hydrogen-bond donors (Lipinski definition) is 2. The normalized spacial score (nSPS) is 10.2. The summed E-state index contributed by atoms with van der Waals surface area (Å²) < 4.78 is 12.7. The lowest BCUT2D eigenvalue weighted by atomic mass is 10.1. The van der Waals surface area contributed by atoms with E-state index >= 15 is 0 Å². The van der Waals surface area contributed by atoms with Gasteiger partial charge in [-0.15, -0.1) is 0 Å². The molecule has 0 atom stereocenters. The molecule has 0 saturated carbocycles. The van der Waals surface area contributed by atoms with E-state index in [1.165, 1.54) is 25.0 Å². The number of benzene rings is 1. The van der Waals surface area contributed by atoms with E-state index < -0.39 is 0 Å². The predicted molar refractivity (Wildman–Crippen MR) is 79.8 cm³/mol. The number of hydrogen-bond acceptors (Lipinski definition) is 2. The fraction of sp³-hybridized carbons (Fsp3) is 0.500. The van der Waals surface area contributed by atoms with Crippen molar-refractivity contribution in [3.05, 3.63) is 35.6 Å². The zero-order chi connectivity index (χ0) is 15.5. The molecule has 5 heteroatoms. The topological polar surface area (TPSA) is 58.2 Å². The second-order valence-electron chi connectivity index (χ2n) is 5.06. The molecule has 1 rings (SSSR count). The maximum absolute atomic E-state index is 12.7. The van der Waals surface area contributed by atoms with E-state index in [0.29, 0.717) is 12.0 Å². The molecular weight excluding hydrogens is 271 g/mol. The minimum Gasteiger partial charge on any atom is -0.273 e. The van der Waals surface area contributed by atoms with Gasteiger partial charge in [0, 0.05) is 6.42 Å². The van der Waals surface area contributed by atoms with Gasteiger partial charge in [-0.1, -0.05) is 44.7 Å². The third-order valence-corrected chi connectivity index (χ3v) is 3.13. The number of carbonyl (C=O) groups excluding carboxylic acids is 2. The molecule has 0 bridgehead atoms. The van der Waals surface area contributed by atoms with Crippen molar-refractivity contribution in [1.82, 2.24) is 10.9 Å². The Balaban J connectivity index is 2.14. The molecule has 1 aromatic carbocycles. The molecule has 4 nitrogen and oxygen atoms in total. The summed E-state index contributed by atoms with van der Waals surface area (Å²) in [6, 6.07) is 5.70. The second kappa shape index (κ2) is 9.91. The molecule has 0 aromatic heterocycles. The molecule has 1 aromatic rings. The van der Waals surface area contributed by atoms with E-state index in [4.69, 9.17) is 0 Å². The fourth-order valence-electron chi connectivity index (χ4n) is 1.92. The van der Waals surface area contributed by atoms with E-state index in [1.54, 1.807) is 12.1 Å². The lowest BCUT2D eigenvalue weighted by Gasteiger charge is -2.07.